The quantitative estimate of drug-likeness (QED) is 0.611. The second kappa shape index (κ2) is 3.51. The Balaban J connectivity index is 2.78. The third kappa shape index (κ3) is 2.08. The van der Waals surface area contributed by atoms with Crippen molar-refractivity contribution in [3.63, 3.8) is 0 Å². The molecule has 0 amide bonds. The van der Waals surface area contributed by atoms with Crippen molar-refractivity contribution in [1.82, 2.24) is 15.0 Å². The van der Waals surface area contributed by atoms with E-state index in [4.69, 9.17) is 14.9 Å². The van der Waals surface area contributed by atoms with Crippen molar-refractivity contribution in [2.75, 3.05) is 6.61 Å². The molecule has 0 aliphatic heterocycles. The van der Waals surface area contributed by atoms with E-state index in [1.54, 1.807) is 0 Å². The van der Waals surface area contributed by atoms with Gasteiger partial charge in [-0.3, -0.25) is 0 Å². The van der Waals surface area contributed by atoms with Crippen LogP contribution in [0.25, 0.3) is 0 Å². The molecule has 0 bridgehead atoms. The largest absolute Gasteiger partial charge is 0.479 e. The first kappa shape index (κ1) is 8.25. The van der Waals surface area contributed by atoms with Gasteiger partial charge in [0.05, 0.1) is 0 Å². The third-order valence-corrected chi connectivity index (χ3v) is 0.922. The molecule has 0 saturated heterocycles. The van der Waals surface area contributed by atoms with Crippen LogP contribution in [0.4, 0.5) is 0 Å². The van der Waals surface area contributed by atoms with Gasteiger partial charge in [-0.2, -0.15) is 0 Å². The molecule has 1 rings (SSSR count). The minimum absolute atomic E-state index is 0.139. The summed E-state index contributed by atoms with van der Waals surface area (Å²) in [6.45, 7) is 3.60. The molecule has 0 atom stereocenters. The van der Waals surface area contributed by atoms with Crippen LogP contribution in [-0.4, -0.2) is 31.8 Å². The number of rotatable bonds is 3. The van der Waals surface area contributed by atoms with Crippen LogP contribution < -0.4 is 4.74 Å². The van der Waals surface area contributed by atoms with Gasteiger partial charge in [0, 0.05) is 0 Å². The van der Waals surface area contributed by atoms with E-state index < -0.39 is 12.0 Å². The van der Waals surface area contributed by atoms with Crippen LogP contribution in [0, 0.1) is 0 Å². The standard InChI is InChI=1S/C6H7N3O3/c1-2-3-12-6-8-4(10)7-5(11)9-6/h2H,1,3H2,(H2,7,8,9,10,11). The van der Waals surface area contributed by atoms with E-state index in [0.29, 0.717) is 0 Å². The highest BCUT2D eigenvalue weighted by Gasteiger charge is 2.03. The van der Waals surface area contributed by atoms with Crippen molar-refractivity contribution < 1.29 is 14.9 Å². The molecule has 64 valence electrons. The predicted molar refractivity (Wildman–Crippen MR) is 38.8 cm³/mol. The van der Waals surface area contributed by atoms with Gasteiger partial charge < -0.3 is 14.9 Å². The number of aromatic nitrogens is 3. The van der Waals surface area contributed by atoms with Crippen molar-refractivity contribution in [2.45, 2.75) is 0 Å². The van der Waals surface area contributed by atoms with Crippen LogP contribution in [-0.2, 0) is 0 Å². The first-order chi connectivity index (χ1) is 5.72. The van der Waals surface area contributed by atoms with Crippen LogP contribution in [0.2, 0.25) is 0 Å². The first-order valence-electron chi connectivity index (χ1n) is 3.10. The summed E-state index contributed by atoms with van der Waals surface area (Å²) < 4.78 is 4.82. The van der Waals surface area contributed by atoms with Crippen LogP contribution >= 0.6 is 0 Å². The zero-order chi connectivity index (χ0) is 8.97. The summed E-state index contributed by atoms with van der Waals surface area (Å²) in [5, 5.41) is 17.5. The highest BCUT2D eigenvalue weighted by atomic mass is 16.5. The summed E-state index contributed by atoms with van der Waals surface area (Å²) in [6, 6.07) is -1.30. The summed E-state index contributed by atoms with van der Waals surface area (Å²) in [4.78, 5) is 9.88. The molecule has 0 spiro atoms. The van der Waals surface area contributed by atoms with Crippen LogP contribution in [0.1, 0.15) is 0 Å². The molecule has 12 heavy (non-hydrogen) atoms. The normalized spacial score (nSPS) is 9.33. The van der Waals surface area contributed by atoms with Crippen LogP contribution in [0.3, 0.4) is 0 Å². The monoisotopic (exact) mass is 169 g/mol. The molecule has 0 unspecified atom stereocenters. The molecule has 1 heterocycles. The molecule has 0 saturated carbocycles. The smallest absolute Gasteiger partial charge is 0.326 e. The van der Waals surface area contributed by atoms with Gasteiger partial charge in [0.1, 0.15) is 6.61 Å². The molecule has 6 heteroatoms. The summed E-state index contributed by atoms with van der Waals surface area (Å²) in [5.41, 5.74) is 0. The average Bonchev–Trinajstić information content (AvgIpc) is 1.99. The molecule has 1 aromatic heterocycles. The van der Waals surface area contributed by atoms with E-state index in [1.165, 1.54) is 6.08 Å². The minimum Gasteiger partial charge on any atom is -0.479 e. The zero-order valence-electron chi connectivity index (χ0n) is 6.14. The molecule has 0 aromatic carbocycles. The third-order valence-electron chi connectivity index (χ3n) is 0.922. The molecule has 0 fully saturated rings. The molecule has 0 aliphatic rings. The van der Waals surface area contributed by atoms with Gasteiger partial charge in [0.25, 0.3) is 0 Å². The SMILES string of the molecule is C=CCOc1nc(O)nc(O)n1. The van der Waals surface area contributed by atoms with Gasteiger partial charge in [-0.05, 0) is 0 Å². The number of nitrogens with zero attached hydrogens (tertiary/aromatic N) is 3. The average molecular weight is 169 g/mol. The van der Waals surface area contributed by atoms with E-state index in [2.05, 4.69) is 21.5 Å². The lowest BCUT2D eigenvalue weighted by Crippen LogP contribution is -1.99. The van der Waals surface area contributed by atoms with Gasteiger partial charge in [0.15, 0.2) is 0 Å². The van der Waals surface area contributed by atoms with Crippen molar-refractivity contribution in [3.05, 3.63) is 12.7 Å². The van der Waals surface area contributed by atoms with E-state index >= 15 is 0 Å². The number of hydrogen-bond acceptors (Lipinski definition) is 6. The van der Waals surface area contributed by atoms with E-state index in [-0.39, 0.29) is 12.6 Å². The maximum absolute atomic E-state index is 8.77. The molecule has 2 N–H and O–H groups in total. The number of hydrogen-bond donors (Lipinski definition) is 2. The fourth-order valence-corrected chi connectivity index (χ4v) is 0.534. The fraction of sp³-hybridized carbons (Fsp3) is 0.167. The first-order valence-corrected chi connectivity index (χ1v) is 3.10. The molecular weight excluding hydrogens is 162 g/mol. The lowest BCUT2D eigenvalue weighted by atomic mass is 10.7. The summed E-state index contributed by atoms with van der Waals surface area (Å²) in [5.74, 6) is 0. The molecule has 0 aliphatic carbocycles. The van der Waals surface area contributed by atoms with Gasteiger partial charge in [-0.25, -0.2) is 0 Å². The summed E-state index contributed by atoms with van der Waals surface area (Å²) in [6.07, 6.45) is 1.48. The van der Waals surface area contributed by atoms with Crippen LogP contribution in [0.15, 0.2) is 12.7 Å². The Morgan fingerprint density at radius 3 is 2.33 bits per heavy atom. The van der Waals surface area contributed by atoms with Gasteiger partial charge >= 0.3 is 18.0 Å². The Labute approximate surface area is 68.2 Å². The molecule has 0 radical (unpaired) electrons. The van der Waals surface area contributed by atoms with Crippen LogP contribution in [0.5, 0.6) is 18.0 Å². The van der Waals surface area contributed by atoms with Crippen molar-refractivity contribution in [1.29, 1.82) is 0 Å². The summed E-state index contributed by atoms with van der Waals surface area (Å²) >= 11 is 0. The van der Waals surface area contributed by atoms with Crippen molar-refractivity contribution >= 4 is 0 Å². The minimum atomic E-state index is -0.582. The highest BCUT2D eigenvalue weighted by molar-refractivity contribution is 5.06. The summed E-state index contributed by atoms with van der Waals surface area (Å²) in [7, 11) is 0. The Morgan fingerprint density at radius 2 is 1.83 bits per heavy atom. The maximum atomic E-state index is 8.77. The van der Waals surface area contributed by atoms with E-state index in [0.717, 1.165) is 0 Å². The second-order valence-corrected chi connectivity index (χ2v) is 1.82. The van der Waals surface area contributed by atoms with Gasteiger partial charge in [-0.15, -0.1) is 15.0 Å². The maximum Gasteiger partial charge on any atom is 0.326 e. The predicted octanol–water partition coefficient (Wildman–Crippen LogP) is -0.152. The molecule has 1 aromatic rings. The van der Waals surface area contributed by atoms with Crippen molar-refractivity contribution in [3.8, 4) is 18.0 Å². The van der Waals surface area contributed by atoms with Crippen molar-refractivity contribution in [2.24, 2.45) is 0 Å². The Kier molecular flexibility index (Phi) is 2.42. The Hall–Kier alpha value is -1.85. The Morgan fingerprint density at radius 1 is 1.25 bits per heavy atom. The fourth-order valence-electron chi connectivity index (χ4n) is 0.534. The number of ether oxygens (including phenoxy) is 1. The molecular formula is C6H7N3O3. The topological polar surface area (TPSA) is 88.4 Å². The Bertz CT molecular complexity index is 269. The second-order valence-electron chi connectivity index (χ2n) is 1.82. The lowest BCUT2D eigenvalue weighted by molar-refractivity contribution is 0.302. The van der Waals surface area contributed by atoms with Gasteiger partial charge in [-0.1, -0.05) is 12.7 Å². The van der Waals surface area contributed by atoms with E-state index in [1.807, 2.05) is 0 Å². The number of aromatic hydroxyl groups is 2. The highest BCUT2D eigenvalue weighted by Crippen LogP contribution is 2.10. The lowest BCUT2D eigenvalue weighted by Gasteiger charge is -1.99. The van der Waals surface area contributed by atoms with Gasteiger partial charge in [0.2, 0.25) is 0 Å². The zero-order valence-corrected chi connectivity index (χ0v) is 6.14. The van der Waals surface area contributed by atoms with E-state index in [9.17, 15) is 0 Å². The molecule has 6 nitrogen and oxygen atoms in total.